The molecule has 3 N–H and O–H groups in total. The van der Waals surface area contributed by atoms with E-state index in [0.29, 0.717) is 43.7 Å². The predicted molar refractivity (Wildman–Crippen MR) is 107 cm³/mol. The van der Waals surface area contributed by atoms with Crippen LogP contribution >= 0.6 is 0 Å². The molecule has 0 aliphatic rings. The lowest BCUT2D eigenvalue weighted by Gasteiger charge is -2.10. The molecule has 0 atom stereocenters. The number of hydrogen-bond acceptors (Lipinski definition) is 7. The Morgan fingerprint density at radius 3 is 2.28 bits per heavy atom. The van der Waals surface area contributed by atoms with Gasteiger partial charge in [0.15, 0.2) is 0 Å². The topological polar surface area (TPSA) is 139 Å². The molecule has 0 aliphatic heterocycles. The number of aromatic nitrogens is 2. The number of H-pyrrole nitrogens is 1. The summed E-state index contributed by atoms with van der Waals surface area (Å²) in [5.74, 6) is -0.559. The number of amides is 2. The van der Waals surface area contributed by atoms with Crippen molar-refractivity contribution in [2.75, 3.05) is 25.1 Å². The SMILES string of the molecule is CCOC(=O)CCCCCNC(=O)Nc1nc(=O)c(CCC(=O)OCC)c(C)[nH]1. The Morgan fingerprint density at radius 1 is 1.00 bits per heavy atom. The van der Waals surface area contributed by atoms with E-state index in [1.165, 1.54) is 0 Å². The number of rotatable bonds is 12. The Kier molecular flexibility index (Phi) is 11.1. The minimum atomic E-state index is -0.500. The molecule has 0 radical (unpaired) electrons. The number of anilines is 1. The lowest BCUT2D eigenvalue weighted by atomic mass is 10.1. The average molecular weight is 410 g/mol. The van der Waals surface area contributed by atoms with Gasteiger partial charge in [0.05, 0.1) is 13.2 Å². The Labute approximate surface area is 169 Å². The standard InChI is InChI=1S/C19H30N4O6/c1-4-28-15(24)9-7-6-8-12-20-19(27)23-18-21-13(3)14(17(26)22-18)10-11-16(25)29-5-2/h4-12H2,1-3H3,(H3,20,21,22,23,26,27). The van der Waals surface area contributed by atoms with Crippen LogP contribution in [0.5, 0.6) is 0 Å². The fourth-order valence-electron chi connectivity index (χ4n) is 2.58. The molecule has 0 unspecified atom stereocenters. The predicted octanol–water partition coefficient (Wildman–Crippen LogP) is 1.82. The number of carbonyl (C=O) groups is 3. The highest BCUT2D eigenvalue weighted by Gasteiger charge is 2.12. The second-order valence-corrected chi connectivity index (χ2v) is 6.30. The van der Waals surface area contributed by atoms with Crippen LogP contribution < -0.4 is 16.2 Å². The fourth-order valence-corrected chi connectivity index (χ4v) is 2.58. The Balaban J connectivity index is 2.39. The monoisotopic (exact) mass is 410 g/mol. The maximum absolute atomic E-state index is 12.2. The molecule has 0 aliphatic carbocycles. The molecule has 29 heavy (non-hydrogen) atoms. The molecular formula is C19H30N4O6. The van der Waals surface area contributed by atoms with Gasteiger partial charge in [0, 0.05) is 30.6 Å². The van der Waals surface area contributed by atoms with Crippen molar-refractivity contribution in [3.8, 4) is 0 Å². The number of urea groups is 1. The number of aromatic amines is 1. The average Bonchev–Trinajstić information content (AvgIpc) is 2.64. The van der Waals surface area contributed by atoms with Gasteiger partial charge in [-0.15, -0.1) is 0 Å². The van der Waals surface area contributed by atoms with Crippen LogP contribution in [0.4, 0.5) is 10.7 Å². The lowest BCUT2D eigenvalue weighted by Crippen LogP contribution is -2.31. The molecule has 0 saturated heterocycles. The first-order valence-corrected chi connectivity index (χ1v) is 9.83. The van der Waals surface area contributed by atoms with Crippen molar-refractivity contribution < 1.29 is 23.9 Å². The first-order valence-electron chi connectivity index (χ1n) is 9.83. The molecule has 162 valence electrons. The van der Waals surface area contributed by atoms with Crippen LogP contribution in [0, 0.1) is 6.92 Å². The number of unbranched alkanes of at least 4 members (excludes halogenated alkanes) is 2. The molecule has 1 aromatic heterocycles. The first-order chi connectivity index (χ1) is 13.9. The van der Waals surface area contributed by atoms with Crippen molar-refractivity contribution in [3.05, 3.63) is 21.6 Å². The fraction of sp³-hybridized carbons (Fsp3) is 0.632. The summed E-state index contributed by atoms with van der Waals surface area (Å²) < 4.78 is 9.69. The number of esters is 2. The van der Waals surface area contributed by atoms with Crippen LogP contribution in [-0.2, 0) is 25.5 Å². The Bertz CT molecular complexity index is 747. The number of aryl methyl sites for hydroxylation is 1. The van der Waals surface area contributed by atoms with Gasteiger partial charge < -0.3 is 19.8 Å². The van der Waals surface area contributed by atoms with Crippen molar-refractivity contribution in [1.82, 2.24) is 15.3 Å². The van der Waals surface area contributed by atoms with Crippen molar-refractivity contribution in [2.45, 2.75) is 59.3 Å². The van der Waals surface area contributed by atoms with Crippen molar-refractivity contribution in [1.29, 1.82) is 0 Å². The molecule has 0 aromatic carbocycles. The molecule has 0 bridgehead atoms. The zero-order chi connectivity index (χ0) is 21.6. The normalized spacial score (nSPS) is 10.3. The maximum atomic E-state index is 12.2. The van der Waals surface area contributed by atoms with Crippen LogP contribution in [0.2, 0.25) is 0 Å². The molecule has 10 nitrogen and oxygen atoms in total. The second kappa shape index (κ2) is 13.3. The lowest BCUT2D eigenvalue weighted by molar-refractivity contribution is -0.144. The largest absolute Gasteiger partial charge is 0.466 e. The molecule has 1 heterocycles. The van der Waals surface area contributed by atoms with E-state index in [-0.39, 0.29) is 37.3 Å². The highest BCUT2D eigenvalue weighted by molar-refractivity contribution is 5.87. The third kappa shape index (κ3) is 9.72. The smallest absolute Gasteiger partial charge is 0.321 e. The first kappa shape index (κ1) is 24.1. The third-order valence-corrected chi connectivity index (χ3v) is 4.00. The summed E-state index contributed by atoms with van der Waals surface area (Å²) in [5.41, 5.74) is 0.411. The van der Waals surface area contributed by atoms with Gasteiger partial charge in [0.1, 0.15) is 0 Å². The molecule has 1 aromatic rings. The van der Waals surface area contributed by atoms with E-state index in [1.807, 2.05) is 0 Å². The summed E-state index contributed by atoms with van der Waals surface area (Å²) in [5, 5.41) is 5.14. The highest BCUT2D eigenvalue weighted by atomic mass is 16.5. The van der Waals surface area contributed by atoms with E-state index in [4.69, 9.17) is 9.47 Å². The van der Waals surface area contributed by atoms with E-state index in [2.05, 4.69) is 20.6 Å². The molecule has 0 saturated carbocycles. The number of ether oxygens (including phenoxy) is 2. The van der Waals surface area contributed by atoms with Crippen LogP contribution in [0.15, 0.2) is 4.79 Å². The summed E-state index contributed by atoms with van der Waals surface area (Å²) >= 11 is 0. The van der Waals surface area contributed by atoms with Gasteiger partial charge in [-0.25, -0.2) is 4.79 Å². The molecule has 1 rings (SSSR count). The van der Waals surface area contributed by atoms with E-state index < -0.39 is 11.6 Å². The van der Waals surface area contributed by atoms with Crippen LogP contribution in [0.3, 0.4) is 0 Å². The summed E-state index contributed by atoms with van der Waals surface area (Å²) in [7, 11) is 0. The number of nitrogens with one attached hydrogen (secondary N) is 3. The Hall–Kier alpha value is -2.91. The van der Waals surface area contributed by atoms with Gasteiger partial charge >= 0.3 is 18.0 Å². The van der Waals surface area contributed by atoms with Gasteiger partial charge in [-0.2, -0.15) is 4.98 Å². The Morgan fingerprint density at radius 2 is 1.66 bits per heavy atom. The third-order valence-electron chi connectivity index (χ3n) is 4.00. The summed E-state index contributed by atoms with van der Waals surface area (Å²) in [6.45, 7) is 6.25. The molecular weight excluding hydrogens is 380 g/mol. The minimum Gasteiger partial charge on any atom is -0.466 e. The van der Waals surface area contributed by atoms with Crippen molar-refractivity contribution in [3.63, 3.8) is 0 Å². The number of nitrogens with zero attached hydrogens (tertiary/aromatic N) is 1. The zero-order valence-corrected chi connectivity index (χ0v) is 17.3. The van der Waals surface area contributed by atoms with Gasteiger partial charge in [-0.3, -0.25) is 19.7 Å². The van der Waals surface area contributed by atoms with Crippen LogP contribution in [-0.4, -0.2) is 47.7 Å². The number of hydrogen-bond donors (Lipinski definition) is 3. The minimum absolute atomic E-state index is 0.0344. The summed E-state index contributed by atoms with van der Waals surface area (Å²) in [6.07, 6.45) is 2.86. The molecule has 10 heteroatoms. The number of carbonyl (C=O) groups excluding carboxylic acids is 3. The molecule has 2 amide bonds. The van der Waals surface area contributed by atoms with Crippen molar-refractivity contribution in [2.24, 2.45) is 0 Å². The van der Waals surface area contributed by atoms with Crippen molar-refractivity contribution >= 4 is 23.9 Å². The van der Waals surface area contributed by atoms with Gasteiger partial charge in [0.25, 0.3) is 5.56 Å². The van der Waals surface area contributed by atoms with E-state index in [1.54, 1.807) is 20.8 Å². The molecule has 0 fully saturated rings. The van der Waals surface area contributed by atoms with E-state index in [0.717, 1.165) is 6.42 Å². The quantitative estimate of drug-likeness (QED) is 0.353. The zero-order valence-electron chi connectivity index (χ0n) is 17.3. The van der Waals surface area contributed by atoms with Gasteiger partial charge in [-0.1, -0.05) is 6.42 Å². The van der Waals surface area contributed by atoms with E-state index >= 15 is 0 Å². The van der Waals surface area contributed by atoms with E-state index in [9.17, 15) is 19.2 Å². The second-order valence-electron chi connectivity index (χ2n) is 6.30. The summed E-state index contributed by atoms with van der Waals surface area (Å²) in [6, 6.07) is -0.489. The van der Waals surface area contributed by atoms with Gasteiger partial charge in [0.2, 0.25) is 5.95 Å². The maximum Gasteiger partial charge on any atom is 0.321 e. The molecule has 0 spiro atoms. The highest BCUT2D eigenvalue weighted by Crippen LogP contribution is 2.06. The van der Waals surface area contributed by atoms with Crippen LogP contribution in [0.25, 0.3) is 0 Å². The van der Waals surface area contributed by atoms with Gasteiger partial charge in [-0.05, 0) is 40.0 Å². The van der Waals surface area contributed by atoms with Crippen LogP contribution in [0.1, 0.15) is 57.2 Å². The summed E-state index contributed by atoms with van der Waals surface area (Å²) in [4.78, 5) is 53.4.